The standard InChI is InChI=1S/C17H23ClN4O/c1-4-9-19-10-11-20-17(23)14-5-7-15(8-6-14)22-13(3)16(18)12(2)21-22/h5-8,19H,4,9-11H2,1-3H3,(H,20,23). The zero-order valence-corrected chi connectivity index (χ0v) is 14.6. The van der Waals surface area contributed by atoms with Crippen LogP contribution in [0, 0.1) is 13.8 Å². The molecule has 1 aromatic carbocycles. The van der Waals surface area contributed by atoms with E-state index in [-0.39, 0.29) is 5.91 Å². The van der Waals surface area contributed by atoms with Crippen molar-refractivity contribution in [3.8, 4) is 5.69 Å². The van der Waals surface area contributed by atoms with Gasteiger partial charge in [-0.2, -0.15) is 5.10 Å². The molecule has 0 aliphatic carbocycles. The Labute approximate surface area is 142 Å². The van der Waals surface area contributed by atoms with Crippen LogP contribution in [-0.2, 0) is 0 Å². The number of carbonyl (C=O) groups excluding carboxylic acids is 1. The molecule has 5 nitrogen and oxygen atoms in total. The molecule has 0 saturated heterocycles. The van der Waals surface area contributed by atoms with Gasteiger partial charge in [0.1, 0.15) is 0 Å². The topological polar surface area (TPSA) is 58.9 Å². The average Bonchev–Trinajstić information content (AvgIpc) is 2.82. The highest BCUT2D eigenvalue weighted by atomic mass is 35.5. The monoisotopic (exact) mass is 334 g/mol. The first-order valence-electron chi connectivity index (χ1n) is 7.85. The van der Waals surface area contributed by atoms with E-state index in [1.54, 1.807) is 16.8 Å². The number of nitrogens with zero attached hydrogens (tertiary/aromatic N) is 2. The average molecular weight is 335 g/mol. The fourth-order valence-electron chi connectivity index (χ4n) is 2.30. The zero-order chi connectivity index (χ0) is 16.8. The Bertz CT molecular complexity index is 664. The predicted octanol–water partition coefficient (Wildman–Crippen LogP) is 2.87. The smallest absolute Gasteiger partial charge is 0.251 e. The number of hydrogen-bond donors (Lipinski definition) is 2. The Hall–Kier alpha value is -1.85. The van der Waals surface area contributed by atoms with Crippen LogP contribution in [0.15, 0.2) is 24.3 Å². The summed E-state index contributed by atoms with van der Waals surface area (Å²) in [6.45, 7) is 8.28. The highest BCUT2D eigenvalue weighted by Crippen LogP contribution is 2.22. The lowest BCUT2D eigenvalue weighted by atomic mass is 10.2. The van der Waals surface area contributed by atoms with E-state index in [0.29, 0.717) is 17.1 Å². The Morgan fingerprint density at radius 3 is 2.43 bits per heavy atom. The maximum atomic E-state index is 12.1. The van der Waals surface area contributed by atoms with Crippen LogP contribution < -0.4 is 10.6 Å². The SMILES string of the molecule is CCCNCCNC(=O)c1ccc(-n2nc(C)c(Cl)c2C)cc1. The van der Waals surface area contributed by atoms with Gasteiger partial charge in [-0.1, -0.05) is 18.5 Å². The number of halogens is 1. The van der Waals surface area contributed by atoms with E-state index in [0.717, 1.165) is 36.6 Å². The fourth-order valence-corrected chi connectivity index (χ4v) is 2.42. The molecule has 2 N–H and O–H groups in total. The molecule has 6 heteroatoms. The number of hydrogen-bond acceptors (Lipinski definition) is 3. The van der Waals surface area contributed by atoms with Gasteiger partial charge in [0.15, 0.2) is 0 Å². The first kappa shape index (κ1) is 17.5. The molecule has 0 aliphatic heterocycles. The summed E-state index contributed by atoms with van der Waals surface area (Å²) < 4.78 is 1.79. The van der Waals surface area contributed by atoms with Crippen LogP contribution in [0.25, 0.3) is 5.69 Å². The van der Waals surface area contributed by atoms with E-state index in [2.05, 4.69) is 22.7 Å². The first-order valence-corrected chi connectivity index (χ1v) is 8.23. The molecule has 0 radical (unpaired) electrons. The molecule has 0 atom stereocenters. The number of aryl methyl sites for hydroxylation is 1. The van der Waals surface area contributed by atoms with Crippen LogP contribution in [0.4, 0.5) is 0 Å². The van der Waals surface area contributed by atoms with E-state index in [4.69, 9.17) is 11.6 Å². The molecule has 0 aliphatic rings. The van der Waals surface area contributed by atoms with Crippen molar-refractivity contribution in [2.24, 2.45) is 0 Å². The van der Waals surface area contributed by atoms with Crippen molar-refractivity contribution >= 4 is 17.5 Å². The van der Waals surface area contributed by atoms with Gasteiger partial charge < -0.3 is 10.6 Å². The highest BCUT2D eigenvalue weighted by molar-refractivity contribution is 6.31. The van der Waals surface area contributed by atoms with Crippen LogP contribution in [0.3, 0.4) is 0 Å². The molecule has 1 heterocycles. The largest absolute Gasteiger partial charge is 0.351 e. The predicted molar refractivity (Wildman–Crippen MR) is 93.5 cm³/mol. The number of aromatic nitrogens is 2. The molecule has 124 valence electrons. The van der Waals surface area contributed by atoms with Crippen LogP contribution >= 0.6 is 11.6 Å². The molecule has 2 aromatic rings. The number of amides is 1. The van der Waals surface area contributed by atoms with Crippen molar-refractivity contribution in [2.45, 2.75) is 27.2 Å². The second kappa shape index (κ2) is 8.13. The molecule has 2 rings (SSSR count). The third-order valence-corrected chi connectivity index (χ3v) is 4.14. The van der Waals surface area contributed by atoms with Crippen LogP contribution in [0.2, 0.25) is 5.02 Å². The highest BCUT2D eigenvalue weighted by Gasteiger charge is 2.11. The van der Waals surface area contributed by atoms with Crippen molar-refractivity contribution in [3.63, 3.8) is 0 Å². The molecular formula is C17H23ClN4O. The molecule has 0 saturated carbocycles. The van der Waals surface area contributed by atoms with Gasteiger partial charge >= 0.3 is 0 Å². The summed E-state index contributed by atoms with van der Waals surface area (Å²) in [5, 5.41) is 11.2. The Balaban J connectivity index is 1.99. The molecular weight excluding hydrogens is 312 g/mol. The summed E-state index contributed by atoms with van der Waals surface area (Å²) in [6.07, 6.45) is 1.09. The number of benzene rings is 1. The Morgan fingerprint density at radius 1 is 1.17 bits per heavy atom. The van der Waals surface area contributed by atoms with Crippen molar-refractivity contribution in [1.82, 2.24) is 20.4 Å². The lowest BCUT2D eigenvalue weighted by Gasteiger charge is -2.08. The van der Waals surface area contributed by atoms with Crippen molar-refractivity contribution < 1.29 is 4.79 Å². The second-order valence-electron chi connectivity index (χ2n) is 5.45. The quantitative estimate of drug-likeness (QED) is 0.765. The molecule has 0 unspecified atom stereocenters. The maximum Gasteiger partial charge on any atom is 0.251 e. The molecule has 0 fully saturated rings. The number of nitrogens with one attached hydrogen (secondary N) is 2. The minimum absolute atomic E-state index is 0.0683. The minimum atomic E-state index is -0.0683. The van der Waals surface area contributed by atoms with Gasteiger partial charge in [-0.15, -0.1) is 0 Å². The lowest BCUT2D eigenvalue weighted by molar-refractivity contribution is 0.0954. The normalized spacial score (nSPS) is 10.8. The summed E-state index contributed by atoms with van der Waals surface area (Å²) in [5.41, 5.74) is 3.21. The third-order valence-electron chi connectivity index (χ3n) is 3.59. The van der Waals surface area contributed by atoms with Gasteiger partial charge in [0, 0.05) is 18.7 Å². The van der Waals surface area contributed by atoms with Gasteiger partial charge in [0.25, 0.3) is 5.91 Å². The van der Waals surface area contributed by atoms with Crippen LogP contribution in [0.5, 0.6) is 0 Å². The lowest BCUT2D eigenvalue weighted by Crippen LogP contribution is -2.32. The summed E-state index contributed by atoms with van der Waals surface area (Å²) in [5.74, 6) is -0.0683. The van der Waals surface area contributed by atoms with E-state index < -0.39 is 0 Å². The molecule has 1 aromatic heterocycles. The van der Waals surface area contributed by atoms with Gasteiger partial charge in [0.2, 0.25) is 0 Å². The zero-order valence-electron chi connectivity index (χ0n) is 13.8. The maximum absolute atomic E-state index is 12.1. The summed E-state index contributed by atoms with van der Waals surface area (Å²) in [4.78, 5) is 12.1. The van der Waals surface area contributed by atoms with E-state index in [1.165, 1.54) is 0 Å². The van der Waals surface area contributed by atoms with Crippen LogP contribution in [0.1, 0.15) is 35.1 Å². The van der Waals surface area contributed by atoms with Crippen molar-refractivity contribution in [1.29, 1.82) is 0 Å². The number of rotatable bonds is 7. The molecule has 23 heavy (non-hydrogen) atoms. The first-order chi connectivity index (χ1) is 11.0. The molecule has 0 spiro atoms. The van der Waals surface area contributed by atoms with Gasteiger partial charge in [-0.3, -0.25) is 4.79 Å². The molecule has 1 amide bonds. The van der Waals surface area contributed by atoms with Crippen LogP contribution in [-0.4, -0.2) is 35.3 Å². The van der Waals surface area contributed by atoms with Crippen molar-refractivity contribution in [3.05, 3.63) is 46.2 Å². The van der Waals surface area contributed by atoms with E-state index in [1.807, 2.05) is 26.0 Å². The second-order valence-corrected chi connectivity index (χ2v) is 5.83. The van der Waals surface area contributed by atoms with Gasteiger partial charge in [0.05, 0.1) is 22.1 Å². The minimum Gasteiger partial charge on any atom is -0.351 e. The summed E-state index contributed by atoms with van der Waals surface area (Å²) in [7, 11) is 0. The number of carbonyl (C=O) groups is 1. The van der Waals surface area contributed by atoms with Crippen molar-refractivity contribution in [2.75, 3.05) is 19.6 Å². The Morgan fingerprint density at radius 2 is 1.87 bits per heavy atom. The van der Waals surface area contributed by atoms with E-state index in [9.17, 15) is 4.79 Å². The fraction of sp³-hybridized carbons (Fsp3) is 0.412. The van der Waals surface area contributed by atoms with Gasteiger partial charge in [-0.05, 0) is 51.1 Å². The van der Waals surface area contributed by atoms with E-state index >= 15 is 0 Å². The summed E-state index contributed by atoms with van der Waals surface area (Å²) >= 11 is 6.17. The van der Waals surface area contributed by atoms with Gasteiger partial charge in [-0.25, -0.2) is 4.68 Å². The summed E-state index contributed by atoms with van der Waals surface area (Å²) in [6, 6.07) is 7.35. The third kappa shape index (κ3) is 4.33. The molecule has 0 bridgehead atoms. The Kier molecular flexibility index (Phi) is 6.19.